The summed E-state index contributed by atoms with van der Waals surface area (Å²) in [7, 11) is 0. The normalized spacial score (nSPS) is 10.6. The molecule has 0 bridgehead atoms. The van der Waals surface area contributed by atoms with Gasteiger partial charge >= 0.3 is 0 Å². The molecule has 0 aliphatic heterocycles. The van der Waals surface area contributed by atoms with Crippen molar-refractivity contribution in [2.75, 3.05) is 25.1 Å². The van der Waals surface area contributed by atoms with Crippen LogP contribution in [0.3, 0.4) is 0 Å². The van der Waals surface area contributed by atoms with E-state index < -0.39 is 23.1 Å². The van der Waals surface area contributed by atoms with Crippen molar-refractivity contribution in [3.63, 3.8) is 0 Å². The van der Waals surface area contributed by atoms with E-state index in [4.69, 9.17) is 10.5 Å². The average Bonchev–Trinajstić information content (AvgIpc) is 2.43. The smallest absolute Gasteiger partial charge is 0.254 e. The quantitative estimate of drug-likeness (QED) is 0.653. The van der Waals surface area contributed by atoms with Crippen LogP contribution in [0.15, 0.2) is 12.1 Å². The van der Waals surface area contributed by atoms with Gasteiger partial charge in [0.05, 0.1) is 5.69 Å². The molecule has 1 aromatic carbocycles. The highest BCUT2D eigenvalue weighted by atomic mass is 19.1. The van der Waals surface area contributed by atoms with Crippen LogP contribution in [-0.4, -0.2) is 25.7 Å². The van der Waals surface area contributed by atoms with Crippen molar-refractivity contribution in [2.45, 2.75) is 32.6 Å². The molecule has 6 heteroatoms. The number of hydrogen-bond acceptors (Lipinski definition) is 3. The van der Waals surface area contributed by atoms with Crippen LogP contribution >= 0.6 is 0 Å². The van der Waals surface area contributed by atoms with Crippen LogP contribution in [0, 0.1) is 11.6 Å². The summed E-state index contributed by atoms with van der Waals surface area (Å²) >= 11 is 0. The first-order valence-corrected chi connectivity index (χ1v) is 7.17. The van der Waals surface area contributed by atoms with Crippen molar-refractivity contribution in [1.82, 2.24) is 0 Å². The van der Waals surface area contributed by atoms with Gasteiger partial charge in [0, 0.05) is 19.8 Å². The number of nitrogens with one attached hydrogen (secondary N) is 1. The second-order valence-electron chi connectivity index (χ2n) is 4.75. The number of amides is 1. The highest BCUT2D eigenvalue weighted by Crippen LogP contribution is 2.20. The molecule has 0 atom stereocenters. The minimum absolute atomic E-state index is 0.0806. The summed E-state index contributed by atoms with van der Waals surface area (Å²) in [5.41, 5.74) is 4.33. The Balaban J connectivity index is 2.36. The Morgan fingerprint density at radius 3 is 2.62 bits per heavy atom. The van der Waals surface area contributed by atoms with E-state index in [2.05, 4.69) is 12.2 Å². The number of carbonyl (C=O) groups excluding carboxylic acids is 1. The fourth-order valence-electron chi connectivity index (χ4n) is 1.82. The summed E-state index contributed by atoms with van der Waals surface area (Å²) in [6.07, 6.45) is 3.79. The molecule has 0 radical (unpaired) electrons. The van der Waals surface area contributed by atoms with Crippen LogP contribution < -0.4 is 11.1 Å². The van der Waals surface area contributed by atoms with E-state index >= 15 is 0 Å². The highest BCUT2D eigenvalue weighted by Gasteiger charge is 2.17. The van der Waals surface area contributed by atoms with E-state index in [1.54, 1.807) is 0 Å². The van der Waals surface area contributed by atoms with Crippen LogP contribution in [0.25, 0.3) is 0 Å². The zero-order chi connectivity index (χ0) is 15.7. The molecule has 0 spiro atoms. The van der Waals surface area contributed by atoms with Gasteiger partial charge < -0.3 is 15.8 Å². The molecular weight excluding hydrogens is 278 g/mol. The zero-order valence-electron chi connectivity index (χ0n) is 12.3. The minimum Gasteiger partial charge on any atom is -0.383 e. The molecule has 0 saturated heterocycles. The first-order valence-electron chi connectivity index (χ1n) is 7.17. The van der Waals surface area contributed by atoms with Crippen LogP contribution in [0.1, 0.15) is 43.0 Å². The number of rotatable bonds is 10. The van der Waals surface area contributed by atoms with Gasteiger partial charge in [0.15, 0.2) is 5.82 Å². The van der Waals surface area contributed by atoms with Gasteiger partial charge in [-0.3, -0.25) is 4.79 Å². The lowest BCUT2D eigenvalue weighted by Gasteiger charge is -2.10. The maximum atomic E-state index is 13.9. The maximum Gasteiger partial charge on any atom is 0.254 e. The summed E-state index contributed by atoms with van der Waals surface area (Å²) in [6.45, 7) is 4.04. The fourth-order valence-corrected chi connectivity index (χ4v) is 1.82. The third-order valence-corrected chi connectivity index (χ3v) is 3.01. The lowest BCUT2D eigenvalue weighted by atomic mass is 10.1. The minimum atomic E-state index is -1.11. The highest BCUT2D eigenvalue weighted by molar-refractivity contribution is 5.94. The molecule has 1 rings (SSSR count). The van der Waals surface area contributed by atoms with Crippen LogP contribution in [0.5, 0.6) is 0 Å². The Morgan fingerprint density at radius 1 is 1.24 bits per heavy atom. The summed E-state index contributed by atoms with van der Waals surface area (Å²) in [6, 6.07) is 2.29. The summed E-state index contributed by atoms with van der Waals surface area (Å²) in [4.78, 5) is 11.0. The number of ether oxygens (including phenoxy) is 1. The maximum absolute atomic E-state index is 13.9. The van der Waals surface area contributed by atoms with E-state index in [1.165, 1.54) is 6.07 Å². The van der Waals surface area contributed by atoms with E-state index in [9.17, 15) is 13.6 Å². The molecule has 0 unspecified atom stereocenters. The van der Waals surface area contributed by atoms with Gasteiger partial charge in [-0.15, -0.1) is 0 Å². The van der Waals surface area contributed by atoms with Gasteiger partial charge in [-0.1, -0.05) is 13.3 Å². The Kier molecular flexibility index (Phi) is 7.68. The number of anilines is 1. The van der Waals surface area contributed by atoms with Crippen molar-refractivity contribution in [3.05, 3.63) is 29.3 Å². The van der Waals surface area contributed by atoms with Crippen molar-refractivity contribution >= 4 is 11.6 Å². The lowest BCUT2D eigenvalue weighted by molar-refractivity contribution is 0.0992. The largest absolute Gasteiger partial charge is 0.383 e. The third kappa shape index (κ3) is 5.67. The predicted octanol–water partition coefficient (Wildman–Crippen LogP) is 3.07. The first-order chi connectivity index (χ1) is 10.1. The van der Waals surface area contributed by atoms with Gasteiger partial charge in [0.1, 0.15) is 11.4 Å². The van der Waals surface area contributed by atoms with E-state index in [-0.39, 0.29) is 5.69 Å². The predicted molar refractivity (Wildman–Crippen MR) is 78.3 cm³/mol. The molecule has 0 heterocycles. The molecular formula is C15H22F2N2O2. The van der Waals surface area contributed by atoms with Gasteiger partial charge in [-0.05, 0) is 31.4 Å². The molecule has 0 aliphatic rings. The first kappa shape index (κ1) is 17.4. The van der Waals surface area contributed by atoms with Crippen molar-refractivity contribution in [2.24, 2.45) is 5.73 Å². The van der Waals surface area contributed by atoms with Gasteiger partial charge in [0.25, 0.3) is 5.91 Å². The Bertz CT molecular complexity index is 467. The monoisotopic (exact) mass is 300 g/mol. The number of halogens is 2. The van der Waals surface area contributed by atoms with Crippen LogP contribution in [0.2, 0.25) is 0 Å². The van der Waals surface area contributed by atoms with Gasteiger partial charge in [-0.25, -0.2) is 8.78 Å². The molecule has 1 aromatic rings. The molecule has 3 N–H and O–H groups in total. The van der Waals surface area contributed by atoms with Crippen molar-refractivity contribution < 1.29 is 18.3 Å². The molecule has 0 aliphatic carbocycles. The summed E-state index contributed by atoms with van der Waals surface area (Å²) < 4.78 is 32.6. The number of nitrogens with two attached hydrogens (primary N) is 1. The number of carbonyl (C=O) groups is 1. The average molecular weight is 300 g/mol. The van der Waals surface area contributed by atoms with E-state index in [1.807, 2.05) is 0 Å². The topological polar surface area (TPSA) is 64.3 Å². The summed E-state index contributed by atoms with van der Waals surface area (Å²) in [5, 5.41) is 2.83. The Hall–Kier alpha value is -1.69. The van der Waals surface area contributed by atoms with Crippen LogP contribution in [0.4, 0.5) is 14.5 Å². The third-order valence-electron chi connectivity index (χ3n) is 3.01. The van der Waals surface area contributed by atoms with E-state index in [0.717, 1.165) is 38.4 Å². The fraction of sp³-hybridized carbons (Fsp3) is 0.533. The van der Waals surface area contributed by atoms with Gasteiger partial charge in [0.2, 0.25) is 0 Å². The lowest BCUT2D eigenvalue weighted by Crippen LogP contribution is -2.17. The second kappa shape index (κ2) is 9.28. The Labute approximate surface area is 123 Å². The molecule has 0 fully saturated rings. The van der Waals surface area contributed by atoms with Crippen molar-refractivity contribution in [3.8, 4) is 0 Å². The molecule has 0 aromatic heterocycles. The van der Waals surface area contributed by atoms with Crippen LogP contribution in [-0.2, 0) is 4.74 Å². The summed E-state index contributed by atoms with van der Waals surface area (Å²) in [5.74, 6) is -3.01. The molecule has 1 amide bonds. The number of unbranched alkanes of at least 4 members (excludes halogenated alkanes) is 2. The van der Waals surface area contributed by atoms with E-state index in [0.29, 0.717) is 13.2 Å². The number of primary amides is 1. The molecule has 118 valence electrons. The molecule has 21 heavy (non-hydrogen) atoms. The SMILES string of the molecule is CCCCOCCCCNc1ccc(F)c(C(N)=O)c1F. The zero-order valence-corrected chi connectivity index (χ0v) is 12.3. The Morgan fingerprint density at radius 2 is 1.95 bits per heavy atom. The van der Waals surface area contributed by atoms with Crippen molar-refractivity contribution in [1.29, 1.82) is 0 Å². The van der Waals surface area contributed by atoms with Gasteiger partial charge in [-0.2, -0.15) is 0 Å². The molecule has 0 saturated carbocycles. The number of hydrogen-bond donors (Lipinski definition) is 2. The second-order valence-corrected chi connectivity index (χ2v) is 4.75. The molecule has 4 nitrogen and oxygen atoms in total. The standard InChI is InChI=1S/C15H22F2N2O2/c1-2-3-9-21-10-5-4-8-19-12-7-6-11(16)13(14(12)17)15(18)20/h6-7,19H,2-5,8-10H2,1H3,(H2,18,20). The number of benzene rings is 1.